The average molecular weight is 305 g/mol. The van der Waals surface area contributed by atoms with E-state index in [1.807, 2.05) is 11.3 Å². The van der Waals surface area contributed by atoms with Gasteiger partial charge in [-0.2, -0.15) is 0 Å². The zero-order valence-electron chi connectivity index (χ0n) is 12.7. The lowest BCUT2D eigenvalue weighted by Gasteiger charge is -2.33. The fourth-order valence-electron chi connectivity index (χ4n) is 3.41. The van der Waals surface area contributed by atoms with E-state index in [2.05, 4.69) is 78.0 Å². The average Bonchev–Trinajstić information content (AvgIpc) is 3.09. The molecule has 0 aliphatic carbocycles. The minimum atomic E-state index is 0.479. The molecule has 1 nitrogen and oxygen atoms in total. The van der Waals surface area contributed by atoms with Crippen LogP contribution in [0.15, 0.2) is 66.0 Å². The molecule has 0 radical (unpaired) electrons. The second-order valence-electron chi connectivity index (χ2n) is 6.05. The summed E-state index contributed by atoms with van der Waals surface area (Å²) in [5.41, 5.74) is 5.72. The predicted molar refractivity (Wildman–Crippen MR) is 94.4 cm³/mol. The fourth-order valence-corrected chi connectivity index (χ4v) is 4.14. The molecule has 0 saturated heterocycles. The summed E-state index contributed by atoms with van der Waals surface area (Å²) in [7, 11) is 2.22. The quantitative estimate of drug-likeness (QED) is 0.644. The standard InChI is InChI=1S/C20H19NS/c1-21-13-17-12-16(20-8-5-11-22-20)9-10-18(17)19(14-21)15-6-3-2-4-7-15/h2-12,19H,13-14H2,1H3/t19-/m1/s1. The largest absolute Gasteiger partial charge is 0.301 e. The summed E-state index contributed by atoms with van der Waals surface area (Å²) in [6.45, 7) is 2.13. The van der Waals surface area contributed by atoms with Gasteiger partial charge in [0.2, 0.25) is 0 Å². The van der Waals surface area contributed by atoms with E-state index in [1.54, 1.807) is 0 Å². The lowest BCUT2D eigenvalue weighted by atomic mass is 9.84. The van der Waals surface area contributed by atoms with E-state index in [-0.39, 0.29) is 0 Å². The Hall–Kier alpha value is -1.90. The molecule has 1 atom stereocenters. The fraction of sp³-hybridized carbons (Fsp3) is 0.200. The Morgan fingerprint density at radius 2 is 1.86 bits per heavy atom. The monoisotopic (exact) mass is 305 g/mol. The van der Waals surface area contributed by atoms with Crippen molar-refractivity contribution in [2.75, 3.05) is 13.6 Å². The zero-order valence-corrected chi connectivity index (χ0v) is 13.5. The van der Waals surface area contributed by atoms with Crippen LogP contribution in [-0.2, 0) is 6.54 Å². The molecule has 0 spiro atoms. The molecular formula is C20H19NS. The number of likely N-dealkylation sites (N-methyl/N-ethyl adjacent to an activating group) is 1. The Morgan fingerprint density at radius 3 is 2.64 bits per heavy atom. The van der Waals surface area contributed by atoms with Crippen molar-refractivity contribution in [1.29, 1.82) is 0 Å². The first-order valence-electron chi connectivity index (χ1n) is 7.71. The Balaban J connectivity index is 1.78. The molecule has 0 unspecified atom stereocenters. The van der Waals surface area contributed by atoms with Crippen LogP contribution in [0.25, 0.3) is 10.4 Å². The molecule has 110 valence electrons. The molecule has 1 aliphatic heterocycles. The molecule has 2 aromatic carbocycles. The Morgan fingerprint density at radius 1 is 1.00 bits per heavy atom. The number of nitrogens with zero attached hydrogens (tertiary/aromatic N) is 1. The molecule has 3 aromatic rings. The van der Waals surface area contributed by atoms with Gasteiger partial charge in [-0.25, -0.2) is 0 Å². The molecule has 0 N–H and O–H groups in total. The highest BCUT2D eigenvalue weighted by atomic mass is 32.1. The normalized spacial score (nSPS) is 18.1. The van der Waals surface area contributed by atoms with Crippen LogP contribution >= 0.6 is 11.3 Å². The predicted octanol–water partition coefficient (Wildman–Crippen LogP) is 4.99. The van der Waals surface area contributed by atoms with Gasteiger partial charge in [-0.3, -0.25) is 0 Å². The molecule has 0 amide bonds. The summed E-state index contributed by atoms with van der Waals surface area (Å²) in [6.07, 6.45) is 0. The van der Waals surface area contributed by atoms with Crippen molar-refractivity contribution in [3.05, 3.63) is 82.7 Å². The highest BCUT2D eigenvalue weighted by Crippen LogP contribution is 2.36. The number of hydrogen-bond acceptors (Lipinski definition) is 2. The van der Waals surface area contributed by atoms with Crippen molar-refractivity contribution in [2.45, 2.75) is 12.5 Å². The van der Waals surface area contributed by atoms with Crippen LogP contribution in [0.1, 0.15) is 22.6 Å². The molecule has 0 fully saturated rings. The summed E-state index contributed by atoms with van der Waals surface area (Å²) in [5.74, 6) is 0.479. The van der Waals surface area contributed by atoms with Gasteiger partial charge in [0, 0.05) is 23.9 Å². The van der Waals surface area contributed by atoms with E-state index in [1.165, 1.54) is 27.1 Å². The van der Waals surface area contributed by atoms with Crippen LogP contribution in [0.3, 0.4) is 0 Å². The lowest BCUT2D eigenvalue weighted by Crippen LogP contribution is -2.30. The lowest BCUT2D eigenvalue weighted by molar-refractivity contribution is 0.295. The van der Waals surface area contributed by atoms with E-state index >= 15 is 0 Å². The molecule has 4 rings (SSSR count). The van der Waals surface area contributed by atoms with Crippen LogP contribution in [0.5, 0.6) is 0 Å². The molecule has 1 aliphatic rings. The highest BCUT2D eigenvalue weighted by molar-refractivity contribution is 7.13. The first-order valence-corrected chi connectivity index (χ1v) is 8.59. The second kappa shape index (κ2) is 5.71. The second-order valence-corrected chi connectivity index (χ2v) is 7.00. The molecular weight excluding hydrogens is 286 g/mol. The van der Waals surface area contributed by atoms with Gasteiger partial charge in [0.15, 0.2) is 0 Å². The Bertz CT molecular complexity index is 762. The van der Waals surface area contributed by atoms with Gasteiger partial charge in [-0.1, -0.05) is 48.5 Å². The Labute approximate surface area is 135 Å². The van der Waals surface area contributed by atoms with Crippen LogP contribution in [0.4, 0.5) is 0 Å². The van der Waals surface area contributed by atoms with Crippen molar-refractivity contribution in [1.82, 2.24) is 4.90 Å². The smallest absolute Gasteiger partial charge is 0.0342 e. The number of benzene rings is 2. The van der Waals surface area contributed by atoms with E-state index < -0.39 is 0 Å². The molecule has 1 aromatic heterocycles. The molecule has 2 heterocycles. The van der Waals surface area contributed by atoms with Crippen LogP contribution in [0.2, 0.25) is 0 Å². The third-order valence-corrected chi connectivity index (χ3v) is 5.38. The third-order valence-electron chi connectivity index (χ3n) is 4.46. The maximum absolute atomic E-state index is 2.43. The van der Waals surface area contributed by atoms with Crippen molar-refractivity contribution < 1.29 is 0 Å². The SMILES string of the molecule is CN1Cc2cc(-c3cccs3)ccc2[C@@H](c2ccccc2)C1. The maximum Gasteiger partial charge on any atom is 0.0342 e. The molecule has 0 bridgehead atoms. The van der Waals surface area contributed by atoms with Gasteiger partial charge >= 0.3 is 0 Å². The summed E-state index contributed by atoms with van der Waals surface area (Å²) in [5, 5.41) is 2.15. The van der Waals surface area contributed by atoms with Crippen molar-refractivity contribution in [3.63, 3.8) is 0 Å². The van der Waals surface area contributed by atoms with Gasteiger partial charge < -0.3 is 4.90 Å². The topological polar surface area (TPSA) is 3.24 Å². The summed E-state index contributed by atoms with van der Waals surface area (Å²) < 4.78 is 0. The number of fused-ring (bicyclic) bond motifs is 1. The van der Waals surface area contributed by atoms with E-state index in [0.29, 0.717) is 5.92 Å². The summed E-state index contributed by atoms with van der Waals surface area (Å²) >= 11 is 1.81. The molecule has 0 saturated carbocycles. The highest BCUT2D eigenvalue weighted by Gasteiger charge is 2.24. The third kappa shape index (κ3) is 2.49. The zero-order chi connectivity index (χ0) is 14.9. The number of hydrogen-bond donors (Lipinski definition) is 0. The summed E-state index contributed by atoms with van der Waals surface area (Å²) in [4.78, 5) is 3.78. The summed E-state index contributed by atoms with van der Waals surface area (Å²) in [6, 6.07) is 22.2. The van der Waals surface area contributed by atoms with Crippen molar-refractivity contribution >= 4 is 11.3 Å². The van der Waals surface area contributed by atoms with E-state index in [4.69, 9.17) is 0 Å². The van der Waals surface area contributed by atoms with Gasteiger partial charge in [0.05, 0.1) is 0 Å². The van der Waals surface area contributed by atoms with E-state index in [0.717, 1.165) is 13.1 Å². The van der Waals surface area contributed by atoms with E-state index in [9.17, 15) is 0 Å². The number of rotatable bonds is 2. The minimum Gasteiger partial charge on any atom is -0.301 e. The van der Waals surface area contributed by atoms with Gasteiger partial charge in [0.25, 0.3) is 0 Å². The van der Waals surface area contributed by atoms with Crippen LogP contribution in [-0.4, -0.2) is 18.5 Å². The van der Waals surface area contributed by atoms with Crippen LogP contribution in [0, 0.1) is 0 Å². The first kappa shape index (κ1) is 13.7. The van der Waals surface area contributed by atoms with Crippen molar-refractivity contribution in [3.8, 4) is 10.4 Å². The van der Waals surface area contributed by atoms with Gasteiger partial charge in [0.1, 0.15) is 0 Å². The first-order chi connectivity index (χ1) is 10.8. The maximum atomic E-state index is 2.43. The van der Waals surface area contributed by atoms with Gasteiger partial charge in [-0.15, -0.1) is 11.3 Å². The van der Waals surface area contributed by atoms with Gasteiger partial charge in [-0.05, 0) is 46.8 Å². The molecule has 2 heteroatoms. The van der Waals surface area contributed by atoms with Crippen LogP contribution < -0.4 is 0 Å². The minimum absolute atomic E-state index is 0.479. The van der Waals surface area contributed by atoms with Crippen molar-refractivity contribution in [2.24, 2.45) is 0 Å². The number of thiophene rings is 1. The molecule has 22 heavy (non-hydrogen) atoms. The Kier molecular flexibility index (Phi) is 3.57.